The number of rotatable bonds is 5. The largest absolute Gasteiger partial charge is 0.497 e. The van der Waals surface area contributed by atoms with Crippen LogP contribution in [0.4, 0.5) is 4.39 Å². The quantitative estimate of drug-likeness (QED) is 0.793. The van der Waals surface area contributed by atoms with Crippen LogP contribution < -0.4 is 10.1 Å². The topological polar surface area (TPSA) is 47.6 Å². The second-order valence-corrected chi connectivity index (χ2v) is 3.58. The van der Waals surface area contributed by atoms with Gasteiger partial charge in [0.25, 0.3) is 0 Å². The number of methoxy groups -OCH3 is 2. The Morgan fingerprint density at radius 1 is 1.47 bits per heavy atom. The van der Waals surface area contributed by atoms with Gasteiger partial charge in [-0.1, -0.05) is 6.07 Å². The lowest BCUT2D eigenvalue weighted by atomic mass is 10.2. The second kappa shape index (κ2) is 6.20. The van der Waals surface area contributed by atoms with E-state index >= 15 is 0 Å². The zero-order valence-electron chi connectivity index (χ0n) is 10.1. The van der Waals surface area contributed by atoms with Crippen molar-refractivity contribution in [2.45, 2.75) is 19.5 Å². The number of hydrogen-bond acceptors (Lipinski definition) is 4. The van der Waals surface area contributed by atoms with E-state index in [1.807, 2.05) is 0 Å². The molecule has 4 nitrogen and oxygen atoms in total. The molecule has 5 heteroatoms. The van der Waals surface area contributed by atoms with Gasteiger partial charge in [-0.25, -0.2) is 4.39 Å². The number of carbonyl (C=O) groups excluding carboxylic acids is 1. The van der Waals surface area contributed by atoms with Crippen molar-refractivity contribution >= 4 is 5.97 Å². The van der Waals surface area contributed by atoms with Crippen LogP contribution in [0.25, 0.3) is 0 Å². The fraction of sp³-hybridized carbons (Fsp3) is 0.417. The summed E-state index contributed by atoms with van der Waals surface area (Å²) in [5.41, 5.74) is 0.474. The van der Waals surface area contributed by atoms with Gasteiger partial charge in [0.2, 0.25) is 0 Å². The van der Waals surface area contributed by atoms with Gasteiger partial charge in [0.1, 0.15) is 17.6 Å². The summed E-state index contributed by atoms with van der Waals surface area (Å²) in [6.07, 6.45) is 0. The first-order valence-electron chi connectivity index (χ1n) is 5.22. The van der Waals surface area contributed by atoms with Crippen molar-refractivity contribution in [1.29, 1.82) is 0 Å². The summed E-state index contributed by atoms with van der Waals surface area (Å²) in [6, 6.07) is 4.12. The Hall–Kier alpha value is -1.62. The molecule has 1 unspecified atom stereocenters. The SMILES string of the molecule is COC(=O)C(C)NCc1ccc(OC)cc1F. The summed E-state index contributed by atoms with van der Waals surface area (Å²) in [6.45, 7) is 1.92. The molecular formula is C12H16FNO3. The molecule has 17 heavy (non-hydrogen) atoms. The fourth-order valence-corrected chi connectivity index (χ4v) is 1.32. The minimum atomic E-state index is -0.471. The molecule has 94 valence electrons. The molecule has 1 aromatic rings. The van der Waals surface area contributed by atoms with Crippen LogP contribution in [0, 0.1) is 5.82 Å². The highest BCUT2D eigenvalue weighted by molar-refractivity contribution is 5.75. The summed E-state index contributed by atoms with van der Waals surface area (Å²) < 4.78 is 23.0. The van der Waals surface area contributed by atoms with Gasteiger partial charge in [-0.2, -0.15) is 0 Å². The average Bonchev–Trinajstić information content (AvgIpc) is 2.35. The Morgan fingerprint density at radius 2 is 2.18 bits per heavy atom. The fourth-order valence-electron chi connectivity index (χ4n) is 1.32. The lowest BCUT2D eigenvalue weighted by Gasteiger charge is -2.12. The average molecular weight is 241 g/mol. The molecule has 1 N–H and O–H groups in total. The third kappa shape index (κ3) is 3.71. The number of nitrogens with one attached hydrogen (secondary N) is 1. The van der Waals surface area contributed by atoms with Crippen LogP contribution in [0.5, 0.6) is 5.75 Å². The number of carbonyl (C=O) groups is 1. The van der Waals surface area contributed by atoms with Gasteiger partial charge in [0, 0.05) is 18.2 Å². The highest BCUT2D eigenvalue weighted by Gasteiger charge is 2.13. The maximum Gasteiger partial charge on any atom is 0.322 e. The molecule has 0 aliphatic heterocycles. The number of ether oxygens (including phenoxy) is 2. The number of hydrogen-bond donors (Lipinski definition) is 1. The zero-order valence-corrected chi connectivity index (χ0v) is 10.1. The van der Waals surface area contributed by atoms with Gasteiger partial charge < -0.3 is 14.8 Å². The van der Waals surface area contributed by atoms with E-state index in [0.717, 1.165) is 0 Å². The Labute approximate surface area is 99.7 Å². The zero-order chi connectivity index (χ0) is 12.8. The third-order valence-corrected chi connectivity index (χ3v) is 2.41. The Kier molecular flexibility index (Phi) is 4.90. The van der Waals surface area contributed by atoms with E-state index < -0.39 is 6.04 Å². The standard InChI is InChI=1S/C12H16FNO3/c1-8(12(15)17-3)14-7-9-4-5-10(16-2)6-11(9)13/h4-6,8,14H,7H2,1-3H3. The summed E-state index contributed by atoms with van der Waals surface area (Å²) in [4.78, 5) is 11.1. The summed E-state index contributed by atoms with van der Waals surface area (Å²) >= 11 is 0. The first-order valence-corrected chi connectivity index (χ1v) is 5.22. The summed E-state index contributed by atoms with van der Waals surface area (Å²) in [5.74, 6) is -0.278. The van der Waals surface area contributed by atoms with Crippen molar-refractivity contribution in [3.05, 3.63) is 29.6 Å². The smallest absolute Gasteiger partial charge is 0.322 e. The lowest BCUT2D eigenvalue weighted by molar-refractivity contribution is -0.142. The van der Waals surface area contributed by atoms with Crippen molar-refractivity contribution in [3.63, 3.8) is 0 Å². The van der Waals surface area contributed by atoms with E-state index in [-0.39, 0.29) is 18.3 Å². The van der Waals surface area contributed by atoms with Crippen molar-refractivity contribution in [3.8, 4) is 5.75 Å². The molecule has 0 saturated heterocycles. The predicted molar refractivity (Wildman–Crippen MR) is 61.3 cm³/mol. The van der Waals surface area contributed by atoms with E-state index in [2.05, 4.69) is 10.1 Å². The van der Waals surface area contributed by atoms with Crippen LogP contribution >= 0.6 is 0 Å². The molecular weight excluding hydrogens is 225 g/mol. The summed E-state index contributed by atoms with van der Waals surface area (Å²) in [7, 11) is 2.79. The van der Waals surface area contributed by atoms with Gasteiger partial charge in [-0.3, -0.25) is 4.79 Å². The Bertz CT molecular complexity index is 395. The van der Waals surface area contributed by atoms with Gasteiger partial charge in [0.05, 0.1) is 14.2 Å². The highest BCUT2D eigenvalue weighted by Crippen LogP contribution is 2.16. The van der Waals surface area contributed by atoms with Gasteiger partial charge in [-0.15, -0.1) is 0 Å². The molecule has 0 spiro atoms. The molecule has 0 aliphatic carbocycles. The minimum Gasteiger partial charge on any atom is -0.497 e. The Balaban J connectivity index is 2.60. The first kappa shape index (κ1) is 13.4. The number of halogens is 1. The van der Waals surface area contributed by atoms with E-state index in [4.69, 9.17) is 4.74 Å². The molecule has 0 saturated carbocycles. The first-order chi connectivity index (χ1) is 8.08. The van der Waals surface area contributed by atoms with Crippen LogP contribution in [0.3, 0.4) is 0 Å². The van der Waals surface area contributed by atoms with Crippen molar-refractivity contribution in [2.24, 2.45) is 0 Å². The molecule has 0 bridgehead atoms. The van der Waals surface area contributed by atoms with Gasteiger partial charge in [0.15, 0.2) is 0 Å². The minimum absolute atomic E-state index is 0.256. The van der Waals surface area contributed by atoms with Crippen molar-refractivity contribution < 1.29 is 18.7 Å². The van der Waals surface area contributed by atoms with E-state index in [0.29, 0.717) is 11.3 Å². The molecule has 0 amide bonds. The van der Waals surface area contributed by atoms with Crippen LogP contribution in [-0.2, 0) is 16.1 Å². The van der Waals surface area contributed by atoms with Crippen LogP contribution in [0.2, 0.25) is 0 Å². The maximum absolute atomic E-state index is 13.5. The molecule has 1 aromatic carbocycles. The third-order valence-electron chi connectivity index (χ3n) is 2.41. The van der Waals surface area contributed by atoms with E-state index in [1.54, 1.807) is 19.1 Å². The van der Waals surface area contributed by atoms with Gasteiger partial charge >= 0.3 is 5.97 Å². The highest BCUT2D eigenvalue weighted by atomic mass is 19.1. The molecule has 0 heterocycles. The molecule has 0 aromatic heterocycles. The normalized spacial score (nSPS) is 12.0. The predicted octanol–water partition coefficient (Wildman–Crippen LogP) is 1.49. The van der Waals surface area contributed by atoms with Crippen LogP contribution in [0.1, 0.15) is 12.5 Å². The maximum atomic E-state index is 13.5. The van der Waals surface area contributed by atoms with Crippen LogP contribution in [-0.4, -0.2) is 26.2 Å². The Morgan fingerprint density at radius 3 is 2.71 bits per heavy atom. The van der Waals surface area contributed by atoms with E-state index in [9.17, 15) is 9.18 Å². The van der Waals surface area contributed by atoms with Crippen molar-refractivity contribution in [2.75, 3.05) is 14.2 Å². The molecule has 1 rings (SSSR count). The molecule has 0 radical (unpaired) electrons. The van der Waals surface area contributed by atoms with Gasteiger partial charge in [-0.05, 0) is 13.0 Å². The molecule has 0 fully saturated rings. The monoisotopic (exact) mass is 241 g/mol. The van der Waals surface area contributed by atoms with Crippen molar-refractivity contribution in [1.82, 2.24) is 5.32 Å². The van der Waals surface area contributed by atoms with Crippen LogP contribution in [0.15, 0.2) is 18.2 Å². The second-order valence-electron chi connectivity index (χ2n) is 3.58. The number of esters is 1. The van der Waals surface area contributed by atoms with E-state index in [1.165, 1.54) is 20.3 Å². The lowest BCUT2D eigenvalue weighted by Crippen LogP contribution is -2.34. The molecule has 1 atom stereocenters. The number of benzene rings is 1. The summed E-state index contributed by atoms with van der Waals surface area (Å²) in [5, 5.41) is 2.87. The molecule has 0 aliphatic rings.